The van der Waals surface area contributed by atoms with E-state index < -0.39 is 32.8 Å². The van der Waals surface area contributed by atoms with E-state index in [0.717, 1.165) is 18.2 Å². The van der Waals surface area contributed by atoms with Gasteiger partial charge in [0.1, 0.15) is 5.56 Å². The molecule has 1 fully saturated rings. The zero-order chi connectivity index (χ0) is 16.5. The Morgan fingerprint density at radius 1 is 1.05 bits per heavy atom. The Balaban J connectivity index is 0.000000287. The molecule has 9 heteroatoms. The highest BCUT2D eigenvalue weighted by atomic mass is 16.6. The molecule has 0 atom stereocenters. The van der Waals surface area contributed by atoms with E-state index in [1.54, 1.807) is 0 Å². The van der Waals surface area contributed by atoms with Crippen molar-refractivity contribution in [1.82, 2.24) is 5.32 Å². The lowest BCUT2D eigenvalue weighted by atomic mass is 10.1. The second-order valence-electron chi connectivity index (χ2n) is 4.66. The molecule has 0 saturated carbocycles. The molecule has 1 heterocycles. The Morgan fingerprint density at radius 3 is 2.09 bits per heavy atom. The van der Waals surface area contributed by atoms with E-state index in [9.17, 15) is 25.0 Å². The normalized spacial score (nSPS) is 14.2. The Bertz CT molecular complexity index is 509. The molecule has 1 saturated heterocycles. The van der Waals surface area contributed by atoms with Gasteiger partial charge in [0.15, 0.2) is 0 Å². The zero-order valence-corrected chi connectivity index (χ0v) is 11.9. The minimum absolute atomic E-state index is 0.700. The van der Waals surface area contributed by atoms with Crippen molar-refractivity contribution >= 4 is 17.3 Å². The molecule has 120 valence electrons. The number of para-hydroxylation sites is 1. The van der Waals surface area contributed by atoms with Crippen molar-refractivity contribution in [2.45, 2.75) is 25.7 Å². The molecule has 0 aliphatic carbocycles. The van der Waals surface area contributed by atoms with Gasteiger partial charge in [0.25, 0.3) is 0 Å². The molecule has 1 aromatic carbocycles. The van der Waals surface area contributed by atoms with Crippen molar-refractivity contribution in [2.24, 2.45) is 0 Å². The molecule has 2 N–H and O–H groups in total. The Hall–Kier alpha value is -2.55. The average molecular weight is 311 g/mol. The number of nitro groups is 2. The van der Waals surface area contributed by atoms with Gasteiger partial charge >= 0.3 is 17.3 Å². The summed E-state index contributed by atoms with van der Waals surface area (Å²) in [7, 11) is 0. The van der Waals surface area contributed by atoms with Crippen molar-refractivity contribution in [3.05, 3.63) is 44.0 Å². The van der Waals surface area contributed by atoms with Gasteiger partial charge in [-0.15, -0.1) is 0 Å². The maximum absolute atomic E-state index is 10.6. The molecule has 2 rings (SSSR count). The second kappa shape index (κ2) is 8.67. The van der Waals surface area contributed by atoms with Crippen molar-refractivity contribution in [2.75, 3.05) is 13.1 Å². The fraction of sp³-hybridized carbons (Fsp3) is 0.462. The molecule has 0 amide bonds. The maximum Gasteiger partial charge on any atom is 0.360 e. The SMILES string of the molecule is C1CCCNCC1.O=C(O)c1cccc([N+](=O)[O-])c1[N+](=O)[O-]. The lowest BCUT2D eigenvalue weighted by Crippen LogP contribution is -2.12. The van der Waals surface area contributed by atoms with Gasteiger partial charge < -0.3 is 10.4 Å². The molecular formula is C13H17N3O6. The van der Waals surface area contributed by atoms with E-state index in [2.05, 4.69) is 5.32 Å². The Morgan fingerprint density at radius 2 is 1.64 bits per heavy atom. The zero-order valence-electron chi connectivity index (χ0n) is 11.9. The lowest BCUT2D eigenvalue weighted by Gasteiger charge is -1.97. The number of hydrogen-bond acceptors (Lipinski definition) is 6. The van der Waals surface area contributed by atoms with Gasteiger partial charge in [-0.1, -0.05) is 18.9 Å². The van der Waals surface area contributed by atoms with E-state index >= 15 is 0 Å². The Labute approximate surface area is 126 Å². The Kier molecular flexibility index (Phi) is 6.90. The first-order valence-corrected chi connectivity index (χ1v) is 6.81. The monoisotopic (exact) mass is 311 g/mol. The molecule has 1 aliphatic rings. The van der Waals surface area contributed by atoms with E-state index in [-0.39, 0.29) is 0 Å². The molecule has 9 nitrogen and oxygen atoms in total. The van der Waals surface area contributed by atoms with Crippen molar-refractivity contribution in [3.63, 3.8) is 0 Å². The van der Waals surface area contributed by atoms with Crippen molar-refractivity contribution in [1.29, 1.82) is 0 Å². The van der Waals surface area contributed by atoms with Gasteiger partial charge in [-0.25, -0.2) is 4.79 Å². The van der Waals surface area contributed by atoms with E-state index in [4.69, 9.17) is 5.11 Å². The highest BCUT2D eigenvalue weighted by molar-refractivity contribution is 5.94. The number of carboxylic acids is 1. The van der Waals surface area contributed by atoms with Crippen LogP contribution >= 0.6 is 0 Å². The van der Waals surface area contributed by atoms with E-state index in [1.807, 2.05) is 0 Å². The standard InChI is InChI=1S/C7H4N2O6.C6H13N/c10-7(11)4-2-1-3-5(8(12)13)6(4)9(14)15;1-2-4-6-7-5-3-1/h1-3H,(H,10,11);7H,1-6H2. The summed E-state index contributed by atoms with van der Waals surface area (Å²) >= 11 is 0. The quantitative estimate of drug-likeness (QED) is 0.645. The minimum atomic E-state index is -1.58. The van der Waals surface area contributed by atoms with Crippen LogP contribution in [0.5, 0.6) is 0 Å². The van der Waals surface area contributed by atoms with Crippen LogP contribution in [-0.4, -0.2) is 34.0 Å². The maximum atomic E-state index is 10.6. The smallest absolute Gasteiger partial charge is 0.360 e. The van der Waals surface area contributed by atoms with Gasteiger partial charge in [0.05, 0.1) is 9.85 Å². The second-order valence-corrected chi connectivity index (χ2v) is 4.66. The predicted molar refractivity (Wildman–Crippen MR) is 78.0 cm³/mol. The summed E-state index contributed by atoms with van der Waals surface area (Å²) in [4.78, 5) is 29.4. The van der Waals surface area contributed by atoms with E-state index in [0.29, 0.717) is 0 Å². The first-order chi connectivity index (χ1) is 10.4. The van der Waals surface area contributed by atoms with Crippen LogP contribution in [0.1, 0.15) is 36.0 Å². The lowest BCUT2D eigenvalue weighted by molar-refractivity contribution is -0.422. The summed E-state index contributed by atoms with van der Waals surface area (Å²) in [6.07, 6.45) is 5.65. The van der Waals surface area contributed by atoms with Crippen molar-refractivity contribution in [3.8, 4) is 0 Å². The topological polar surface area (TPSA) is 136 Å². The van der Waals surface area contributed by atoms with Crippen molar-refractivity contribution < 1.29 is 19.7 Å². The summed E-state index contributed by atoms with van der Waals surface area (Å²) in [6.45, 7) is 2.50. The summed E-state index contributed by atoms with van der Waals surface area (Å²) in [6, 6.07) is 2.90. The molecule has 22 heavy (non-hydrogen) atoms. The largest absolute Gasteiger partial charge is 0.477 e. The summed E-state index contributed by atoms with van der Waals surface area (Å²) in [5.74, 6) is -1.58. The summed E-state index contributed by atoms with van der Waals surface area (Å²) in [5.41, 5.74) is -2.54. The fourth-order valence-corrected chi connectivity index (χ4v) is 2.02. The number of carbonyl (C=O) groups is 1. The van der Waals surface area contributed by atoms with Gasteiger partial charge in [0.2, 0.25) is 0 Å². The van der Waals surface area contributed by atoms with Crippen LogP contribution in [0.2, 0.25) is 0 Å². The number of nitrogens with zero attached hydrogens (tertiary/aromatic N) is 2. The van der Waals surface area contributed by atoms with Crippen LogP contribution < -0.4 is 5.32 Å². The number of nitro benzene ring substituents is 2. The number of hydrogen-bond donors (Lipinski definition) is 2. The third-order valence-electron chi connectivity index (χ3n) is 3.08. The highest BCUT2D eigenvalue weighted by Crippen LogP contribution is 2.30. The van der Waals surface area contributed by atoms with E-state index in [1.165, 1.54) is 38.8 Å². The predicted octanol–water partition coefficient (Wildman–Crippen LogP) is 2.35. The number of nitrogens with one attached hydrogen (secondary N) is 1. The van der Waals surface area contributed by atoms with Gasteiger partial charge in [-0.2, -0.15) is 0 Å². The van der Waals surface area contributed by atoms with Crippen LogP contribution in [-0.2, 0) is 0 Å². The third-order valence-corrected chi connectivity index (χ3v) is 3.08. The minimum Gasteiger partial charge on any atom is -0.477 e. The van der Waals surface area contributed by atoms with Crippen LogP contribution in [0.25, 0.3) is 0 Å². The molecule has 1 aliphatic heterocycles. The molecular weight excluding hydrogens is 294 g/mol. The molecule has 0 unspecified atom stereocenters. The van der Waals surface area contributed by atoms with Crippen LogP contribution in [0.3, 0.4) is 0 Å². The number of benzene rings is 1. The highest BCUT2D eigenvalue weighted by Gasteiger charge is 2.31. The first kappa shape index (κ1) is 17.5. The molecule has 1 aromatic rings. The molecule has 0 bridgehead atoms. The number of carboxylic acid groups (broad SMARTS) is 1. The van der Waals surface area contributed by atoms with Gasteiger partial charge in [-0.3, -0.25) is 20.2 Å². The first-order valence-electron chi connectivity index (χ1n) is 6.81. The summed E-state index contributed by atoms with van der Waals surface area (Å²) < 4.78 is 0. The fourth-order valence-electron chi connectivity index (χ4n) is 2.02. The van der Waals surface area contributed by atoms with Crippen LogP contribution in [0, 0.1) is 20.2 Å². The molecule has 0 aromatic heterocycles. The third kappa shape index (κ3) is 5.09. The molecule has 0 radical (unpaired) electrons. The van der Waals surface area contributed by atoms with Gasteiger partial charge in [-0.05, 0) is 32.0 Å². The number of rotatable bonds is 3. The average Bonchev–Trinajstić information content (AvgIpc) is 2.79. The molecule has 0 spiro atoms. The van der Waals surface area contributed by atoms with Crippen LogP contribution in [0.4, 0.5) is 11.4 Å². The van der Waals surface area contributed by atoms with Gasteiger partial charge in [0, 0.05) is 6.07 Å². The summed E-state index contributed by atoms with van der Waals surface area (Å²) in [5, 5.41) is 32.8. The number of aromatic carboxylic acids is 1. The van der Waals surface area contributed by atoms with Crippen LogP contribution in [0.15, 0.2) is 18.2 Å².